The summed E-state index contributed by atoms with van der Waals surface area (Å²) in [4.78, 5) is 17.2. The fourth-order valence-corrected chi connectivity index (χ4v) is 5.53. The molecule has 1 N–H and O–H groups in total. The number of thiazole rings is 1. The number of benzene rings is 2. The molecule has 29 heavy (non-hydrogen) atoms. The summed E-state index contributed by atoms with van der Waals surface area (Å²) in [6.45, 7) is 6.82. The van der Waals surface area contributed by atoms with Gasteiger partial charge in [0.05, 0.1) is 20.1 Å². The maximum absolute atomic E-state index is 12.8. The van der Waals surface area contributed by atoms with Crippen molar-refractivity contribution in [2.24, 2.45) is 0 Å². The lowest BCUT2D eigenvalue weighted by Crippen LogP contribution is -2.32. The molecule has 3 aromatic rings. The second-order valence-corrected chi connectivity index (χ2v) is 9.97. The van der Waals surface area contributed by atoms with Crippen LogP contribution in [0.1, 0.15) is 42.1 Å². The number of sulfonamides is 1. The minimum atomic E-state index is -3.55. The summed E-state index contributed by atoms with van der Waals surface area (Å²) in [5.41, 5.74) is 1.90. The number of carbonyl (C=O) groups excluding carboxylic acids is 1. The number of hydrogen-bond acceptors (Lipinski definition) is 5. The van der Waals surface area contributed by atoms with Gasteiger partial charge in [0.15, 0.2) is 0 Å². The molecule has 1 aromatic heterocycles. The van der Waals surface area contributed by atoms with E-state index in [4.69, 9.17) is 0 Å². The molecule has 0 bridgehead atoms. The number of amides is 1. The van der Waals surface area contributed by atoms with Crippen LogP contribution in [0.25, 0.3) is 10.2 Å². The molecule has 1 amide bonds. The fourth-order valence-electron chi connectivity index (χ4n) is 3.10. The third-order valence-corrected chi connectivity index (χ3v) is 7.32. The molecule has 0 unspecified atom stereocenters. The number of carbonyl (C=O) groups is 1. The summed E-state index contributed by atoms with van der Waals surface area (Å²) in [5, 5.41) is 3.82. The zero-order valence-corrected chi connectivity index (χ0v) is 18.4. The Hall–Kier alpha value is -2.29. The van der Waals surface area contributed by atoms with Crippen LogP contribution in [0.2, 0.25) is 0 Å². The second-order valence-electron chi connectivity index (χ2n) is 6.80. The van der Waals surface area contributed by atoms with E-state index in [1.54, 1.807) is 23.5 Å². The number of hydrogen-bond donors (Lipinski definition) is 1. The average molecular weight is 432 g/mol. The lowest BCUT2D eigenvalue weighted by Gasteiger charge is -2.21. The predicted octanol–water partition coefficient (Wildman–Crippen LogP) is 4.67. The van der Waals surface area contributed by atoms with Crippen LogP contribution in [-0.4, -0.2) is 36.7 Å². The lowest BCUT2D eigenvalue weighted by molar-refractivity contribution is 0.102. The summed E-state index contributed by atoms with van der Waals surface area (Å²) in [7, 11) is -3.55. The summed E-state index contributed by atoms with van der Waals surface area (Å²) in [6.07, 6.45) is 1.51. The second kappa shape index (κ2) is 9.02. The highest BCUT2D eigenvalue weighted by Crippen LogP contribution is 2.25. The smallest absolute Gasteiger partial charge is 0.255 e. The topological polar surface area (TPSA) is 79.4 Å². The molecule has 0 radical (unpaired) electrons. The van der Waals surface area contributed by atoms with Crippen molar-refractivity contribution in [3.05, 3.63) is 53.0 Å². The van der Waals surface area contributed by atoms with E-state index >= 15 is 0 Å². The van der Waals surface area contributed by atoms with Crippen molar-refractivity contribution in [2.75, 3.05) is 18.4 Å². The van der Waals surface area contributed by atoms with Gasteiger partial charge in [-0.05, 0) is 62.2 Å². The molecule has 8 heteroatoms. The SMILES string of the molecule is CCCN(CCC)S(=O)(=O)c1ccc(C(=O)Nc2ccc3sc(C)nc3c2)cc1. The molecule has 3 rings (SSSR count). The van der Waals surface area contributed by atoms with Crippen LogP contribution in [0, 0.1) is 6.92 Å². The van der Waals surface area contributed by atoms with Gasteiger partial charge < -0.3 is 5.32 Å². The van der Waals surface area contributed by atoms with Gasteiger partial charge in [-0.3, -0.25) is 4.79 Å². The van der Waals surface area contributed by atoms with Crippen LogP contribution >= 0.6 is 11.3 Å². The molecule has 0 spiro atoms. The Kier molecular flexibility index (Phi) is 6.66. The van der Waals surface area contributed by atoms with E-state index in [9.17, 15) is 13.2 Å². The minimum absolute atomic E-state index is 0.204. The van der Waals surface area contributed by atoms with Gasteiger partial charge in [0.2, 0.25) is 10.0 Å². The van der Waals surface area contributed by atoms with Gasteiger partial charge in [-0.1, -0.05) is 13.8 Å². The summed E-state index contributed by atoms with van der Waals surface area (Å²) in [6, 6.07) is 11.7. The van der Waals surface area contributed by atoms with Gasteiger partial charge in [-0.2, -0.15) is 4.31 Å². The molecule has 0 saturated heterocycles. The largest absolute Gasteiger partial charge is 0.322 e. The Bertz CT molecular complexity index is 1100. The van der Waals surface area contributed by atoms with E-state index in [1.165, 1.54) is 16.4 Å². The van der Waals surface area contributed by atoms with E-state index in [1.807, 2.05) is 39.0 Å². The molecular weight excluding hydrogens is 406 g/mol. The lowest BCUT2D eigenvalue weighted by atomic mass is 10.2. The van der Waals surface area contributed by atoms with Crippen LogP contribution < -0.4 is 5.32 Å². The molecule has 0 aliphatic rings. The van der Waals surface area contributed by atoms with Crippen molar-refractivity contribution in [1.82, 2.24) is 9.29 Å². The Morgan fingerprint density at radius 1 is 1.07 bits per heavy atom. The molecule has 1 heterocycles. The summed E-state index contributed by atoms with van der Waals surface area (Å²) < 4.78 is 28.2. The number of fused-ring (bicyclic) bond motifs is 1. The van der Waals surface area contributed by atoms with Crippen LogP contribution in [-0.2, 0) is 10.0 Å². The Morgan fingerprint density at radius 3 is 2.34 bits per heavy atom. The highest BCUT2D eigenvalue weighted by atomic mass is 32.2. The average Bonchev–Trinajstić information content (AvgIpc) is 3.07. The summed E-state index contributed by atoms with van der Waals surface area (Å²) in [5.74, 6) is -0.292. The molecule has 2 aromatic carbocycles. The predicted molar refractivity (Wildman–Crippen MR) is 118 cm³/mol. The first-order chi connectivity index (χ1) is 13.8. The maximum atomic E-state index is 12.8. The van der Waals surface area contributed by atoms with Crippen molar-refractivity contribution < 1.29 is 13.2 Å². The molecule has 0 aliphatic carbocycles. The first-order valence-corrected chi connectivity index (χ1v) is 11.9. The number of anilines is 1. The quantitative estimate of drug-likeness (QED) is 0.562. The van der Waals surface area contributed by atoms with E-state index in [0.29, 0.717) is 24.3 Å². The van der Waals surface area contributed by atoms with Gasteiger partial charge in [0, 0.05) is 24.3 Å². The highest BCUT2D eigenvalue weighted by molar-refractivity contribution is 7.89. The van der Waals surface area contributed by atoms with Crippen LogP contribution in [0.15, 0.2) is 47.4 Å². The zero-order valence-electron chi connectivity index (χ0n) is 16.8. The first-order valence-electron chi connectivity index (χ1n) is 9.64. The van der Waals surface area contributed by atoms with Crippen molar-refractivity contribution >= 4 is 43.2 Å². The van der Waals surface area contributed by atoms with Crippen molar-refractivity contribution in [3.63, 3.8) is 0 Å². The van der Waals surface area contributed by atoms with Crippen molar-refractivity contribution in [1.29, 1.82) is 0 Å². The Morgan fingerprint density at radius 2 is 1.72 bits per heavy atom. The van der Waals surface area contributed by atoms with E-state index in [2.05, 4.69) is 10.3 Å². The highest BCUT2D eigenvalue weighted by Gasteiger charge is 2.23. The zero-order chi connectivity index (χ0) is 21.0. The van der Waals surface area contributed by atoms with Crippen LogP contribution in [0.3, 0.4) is 0 Å². The standard InChI is InChI=1S/C21H25N3O3S2/c1-4-12-24(13-5-2)29(26,27)18-9-6-16(7-10-18)21(25)23-17-8-11-20-19(14-17)22-15(3)28-20/h6-11,14H,4-5,12-13H2,1-3H3,(H,23,25). The van der Waals surface area contributed by atoms with Gasteiger partial charge in [0.25, 0.3) is 5.91 Å². The van der Waals surface area contributed by atoms with Crippen molar-refractivity contribution in [3.8, 4) is 0 Å². The third kappa shape index (κ3) is 4.83. The minimum Gasteiger partial charge on any atom is -0.322 e. The normalized spacial score (nSPS) is 11.9. The number of aromatic nitrogens is 1. The number of nitrogens with one attached hydrogen (secondary N) is 1. The van der Waals surface area contributed by atoms with Gasteiger partial charge >= 0.3 is 0 Å². The molecule has 0 fully saturated rings. The van der Waals surface area contributed by atoms with Crippen LogP contribution in [0.5, 0.6) is 0 Å². The van der Waals surface area contributed by atoms with Gasteiger partial charge in [-0.25, -0.2) is 13.4 Å². The van der Waals surface area contributed by atoms with Crippen LogP contribution in [0.4, 0.5) is 5.69 Å². The summed E-state index contributed by atoms with van der Waals surface area (Å²) >= 11 is 1.60. The van der Waals surface area contributed by atoms with E-state index in [-0.39, 0.29) is 10.8 Å². The molecule has 0 saturated carbocycles. The Labute approximate surface area is 175 Å². The van der Waals surface area contributed by atoms with Gasteiger partial charge in [0.1, 0.15) is 0 Å². The monoisotopic (exact) mass is 431 g/mol. The first kappa shape index (κ1) is 21.4. The third-order valence-electron chi connectivity index (χ3n) is 4.45. The molecule has 6 nitrogen and oxygen atoms in total. The number of rotatable bonds is 8. The maximum Gasteiger partial charge on any atom is 0.255 e. The van der Waals surface area contributed by atoms with E-state index < -0.39 is 10.0 Å². The molecular formula is C21H25N3O3S2. The molecule has 154 valence electrons. The number of nitrogens with zero attached hydrogens (tertiary/aromatic N) is 2. The van der Waals surface area contributed by atoms with Crippen molar-refractivity contribution in [2.45, 2.75) is 38.5 Å². The van der Waals surface area contributed by atoms with E-state index in [0.717, 1.165) is 28.1 Å². The Balaban J connectivity index is 1.76. The molecule has 0 atom stereocenters. The molecule has 0 aliphatic heterocycles. The fraction of sp³-hybridized carbons (Fsp3) is 0.333. The van der Waals surface area contributed by atoms with Gasteiger partial charge in [-0.15, -0.1) is 11.3 Å². The number of aryl methyl sites for hydroxylation is 1.